The van der Waals surface area contributed by atoms with Crippen LogP contribution in [0, 0.1) is 6.92 Å². The number of aromatic carboxylic acids is 1. The van der Waals surface area contributed by atoms with Crippen molar-refractivity contribution < 1.29 is 14.7 Å². The average Bonchev–Trinajstić information content (AvgIpc) is 3.25. The predicted octanol–water partition coefficient (Wildman–Crippen LogP) is 3.43. The molecule has 0 bridgehead atoms. The molecule has 0 atom stereocenters. The van der Waals surface area contributed by atoms with Crippen LogP contribution in [0.3, 0.4) is 0 Å². The molecule has 3 heterocycles. The molecule has 1 amide bonds. The number of carboxylic acid groups (broad SMARTS) is 1. The number of thiophene rings is 1. The van der Waals surface area contributed by atoms with Gasteiger partial charge in [-0.15, -0.1) is 22.7 Å². The first-order chi connectivity index (χ1) is 11.9. The van der Waals surface area contributed by atoms with Gasteiger partial charge in [0.15, 0.2) is 0 Å². The monoisotopic (exact) mass is 376 g/mol. The largest absolute Gasteiger partial charge is 0.478 e. The fourth-order valence-electron chi connectivity index (χ4n) is 2.53. The molecular formula is C16H16N4O3S2. The minimum atomic E-state index is -1.04. The number of carbonyl (C=O) groups is 2. The lowest BCUT2D eigenvalue weighted by atomic mass is 10.1. The van der Waals surface area contributed by atoms with E-state index in [4.69, 9.17) is 0 Å². The van der Waals surface area contributed by atoms with Crippen LogP contribution in [-0.4, -0.2) is 31.7 Å². The van der Waals surface area contributed by atoms with Gasteiger partial charge < -0.3 is 10.4 Å². The number of aromatic nitrogens is 3. The van der Waals surface area contributed by atoms with Gasteiger partial charge in [-0.05, 0) is 18.9 Å². The first-order valence-corrected chi connectivity index (χ1v) is 9.21. The summed E-state index contributed by atoms with van der Waals surface area (Å²) in [6.45, 7) is 3.75. The summed E-state index contributed by atoms with van der Waals surface area (Å²) in [5, 5.41) is 18.9. The fourth-order valence-corrected chi connectivity index (χ4v) is 4.44. The topological polar surface area (TPSA) is 97.1 Å². The molecule has 0 aliphatic heterocycles. The van der Waals surface area contributed by atoms with Crippen molar-refractivity contribution in [3.8, 4) is 10.6 Å². The highest BCUT2D eigenvalue weighted by atomic mass is 32.1. The van der Waals surface area contributed by atoms with Crippen molar-refractivity contribution in [1.29, 1.82) is 0 Å². The molecule has 25 heavy (non-hydrogen) atoms. The number of nitrogens with one attached hydrogen (secondary N) is 1. The number of rotatable bonds is 5. The molecule has 7 nitrogen and oxygen atoms in total. The Kier molecular flexibility index (Phi) is 4.69. The Morgan fingerprint density at radius 1 is 1.40 bits per heavy atom. The van der Waals surface area contributed by atoms with Crippen LogP contribution in [0.15, 0.2) is 17.8 Å². The molecule has 2 N–H and O–H groups in total. The standard InChI is InChI=1S/C16H16N4O3S2/c1-4-10-8(2)25-15(12(10)16(22)23)19-13(21)11-7-24-14(18-11)9-5-17-20(3)6-9/h5-7H,4H2,1-3H3,(H,19,21)(H,22,23). The van der Waals surface area contributed by atoms with Crippen molar-refractivity contribution in [1.82, 2.24) is 14.8 Å². The minimum absolute atomic E-state index is 0.168. The summed E-state index contributed by atoms with van der Waals surface area (Å²) in [4.78, 5) is 29.2. The normalized spacial score (nSPS) is 10.8. The lowest BCUT2D eigenvalue weighted by molar-refractivity contribution is 0.0697. The Bertz CT molecular complexity index is 955. The summed E-state index contributed by atoms with van der Waals surface area (Å²) in [6.07, 6.45) is 4.10. The first kappa shape index (κ1) is 17.3. The molecule has 3 rings (SSSR count). The number of anilines is 1. The second-order valence-corrected chi connectivity index (χ2v) is 7.48. The van der Waals surface area contributed by atoms with Gasteiger partial charge in [-0.3, -0.25) is 9.48 Å². The van der Waals surface area contributed by atoms with Gasteiger partial charge in [-0.2, -0.15) is 5.10 Å². The van der Waals surface area contributed by atoms with Crippen LogP contribution in [0.25, 0.3) is 10.6 Å². The summed E-state index contributed by atoms with van der Waals surface area (Å²) < 4.78 is 1.66. The molecule has 0 saturated heterocycles. The quantitative estimate of drug-likeness (QED) is 0.711. The molecule has 0 aromatic carbocycles. The van der Waals surface area contributed by atoms with Crippen molar-refractivity contribution in [2.45, 2.75) is 20.3 Å². The summed E-state index contributed by atoms with van der Waals surface area (Å²) in [5.41, 5.74) is 2.01. The van der Waals surface area contributed by atoms with Gasteiger partial charge in [0.2, 0.25) is 0 Å². The van der Waals surface area contributed by atoms with Gasteiger partial charge in [0, 0.05) is 29.1 Å². The number of thiazole rings is 1. The number of carbonyl (C=O) groups excluding carboxylic acids is 1. The van der Waals surface area contributed by atoms with Gasteiger partial charge in [0.1, 0.15) is 15.7 Å². The lowest BCUT2D eigenvalue weighted by Crippen LogP contribution is -2.14. The van der Waals surface area contributed by atoms with E-state index in [9.17, 15) is 14.7 Å². The van der Waals surface area contributed by atoms with E-state index in [0.717, 1.165) is 16.0 Å². The number of hydrogen-bond acceptors (Lipinski definition) is 6. The Morgan fingerprint density at radius 2 is 2.16 bits per heavy atom. The van der Waals surface area contributed by atoms with Gasteiger partial charge >= 0.3 is 5.97 Å². The molecule has 3 aromatic rings. The molecule has 0 aliphatic carbocycles. The van der Waals surface area contributed by atoms with Crippen molar-refractivity contribution in [2.24, 2.45) is 7.05 Å². The van der Waals surface area contributed by atoms with Crippen molar-refractivity contribution >= 4 is 39.6 Å². The van der Waals surface area contributed by atoms with Crippen LogP contribution in [0.4, 0.5) is 5.00 Å². The highest BCUT2D eigenvalue weighted by molar-refractivity contribution is 7.17. The van der Waals surface area contributed by atoms with E-state index in [2.05, 4.69) is 15.4 Å². The van der Waals surface area contributed by atoms with E-state index in [-0.39, 0.29) is 11.3 Å². The lowest BCUT2D eigenvalue weighted by Gasteiger charge is -2.03. The SMILES string of the molecule is CCc1c(C)sc(NC(=O)c2csc(-c3cnn(C)c3)n2)c1C(=O)O. The van der Waals surface area contributed by atoms with Crippen LogP contribution in [0.2, 0.25) is 0 Å². The number of amides is 1. The zero-order valence-corrected chi connectivity index (χ0v) is 15.5. The molecule has 130 valence electrons. The smallest absolute Gasteiger partial charge is 0.339 e. The third-order valence-electron chi connectivity index (χ3n) is 3.69. The molecule has 9 heteroatoms. The maximum Gasteiger partial charge on any atom is 0.339 e. The second-order valence-electron chi connectivity index (χ2n) is 5.39. The third kappa shape index (κ3) is 3.33. The summed E-state index contributed by atoms with van der Waals surface area (Å²) in [7, 11) is 1.81. The second kappa shape index (κ2) is 6.77. The molecule has 0 fully saturated rings. The van der Waals surface area contributed by atoms with E-state index in [1.165, 1.54) is 22.7 Å². The van der Waals surface area contributed by atoms with Crippen LogP contribution in [-0.2, 0) is 13.5 Å². The highest BCUT2D eigenvalue weighted by Crippen LogP contribution is 2.34. The first-order valence-electron chi connectivity index (χ1n) is 7.52. The fraction of sp³-hybridized carbons (Fsp3) is 0.250. The van der Waals surface area contributed by atoms with Crippen molar-refractivity contribution in [2.75, 3.05) is 5.32 Å². The van der Waals surface area contributed by atoms with Crippen molar-refractivity contribution in [3.05, 3.63) is 39.5 Å². The molecule has 0 spiro atoms. The van der Waals surface area contributed by atoms with Crippen molar-refractivity contribution in [3.63, 3.8) is 0 Å². The van der Waals surface area contributed by atoms with E-state index in [1.54, 1.807) is 16.3 Å². The molecule has 0 radical (unpaired) electrons. The highest BCUT2D eigenvalue weighted by Gasteiger charge is 2.23. The van der Waals surface area contributed by atoms with Gasteiger partial charge in [0.05, 0.1) is 11.8 Å². The minimum Gasteiger partial charge on any atom is -0.478 e. The van der Waals surface area contributed by atoms with Gasteiger partial charge in [0.25, 0.3) is 5.91 Å². The van der Waals surface area contributed by atoms with E-state index >= 15 is 0 Å². The molecule has 0 aliphatic rings. The number of carboxylic acids is 1. The van der Waals surface area contributed by atoms with Crippen LogP contribution < -0.4 is 5.32 Å². The third-order valence-corrected chi connectivity index (χ3v) is 5.65. The zero-order chi connectivity index (χ0) is 18.1. The molecule has 0 saturated carbocycles. The van der Waals surface area contributed by atoms with E-state index in [1.807, 2.05) is 27.1 Å². The predicted molar refractivity (Wildman–Crippen MR) is 97.7 cm³/mol. The van der Waals surface area contributed by atoms with E-state index < -0.39 is 11.9 Å². The molecule has 0 unspecified atom stereocenters. The van der Waals surface area contributed by atoms with E-state index in [0.29, 0.717) is 16.4 Å². The number of hydrogen-bond donors (Lipinski definition) is 2. The maximum atomic E-state index is 12.5. The Balaban J connectivity index is 1.86. The Morgan fingerprint density at radius 3 is 2.76 bits per heavy atom. The zero-order valence-electron chi connectivity index (χ0n) is 13.9. The summed E-state index contributed by atoms with van der Waals surface area (Å²) >= 11 is 2.61. The molecule has 3 aromatic heterocycles. The average molecular weight is 376 g/mol. The molecular weight excluding hydrogens is 360 g/mol. The Labute approximate surface area is 152 Å². The van der Waals surface area contributed by atoms with Gasteiger partial charge in [-0.25, -0.2) is 9.78 Å². The van der Waals surface area contributed by atoms with Crippen LogP contribution in [0.5, 0.6) is 0 Å². The summed E-state index contributed by atoms with van der Waals surface area (Å²) in [6, 6.07) is 0. The summed E-state index contributed by atoms with van der Waals surface area (Å²) in [5.74, 6) is -1.45. The van der Waals surface area contributed by atoms with Crippen LogP contribution in [0.1, 0.15) is 38.2 Å². The number of aryl methyl sites for hydroxylation is 2. The Hall–Kier alpha value is -2.52. The van der Waals surface area contributed by atoms with Gasteiger partial charge in [-0.1, -0.05) is 6.92 Å². The number of nitrogens with zero attached hydrogens (tertiary/aromatic N) is 3. The maximum absolute atomic E-state index is 12.5. The van der Waals surface area contributed by atoms with Crippen LogP contribution >= 0.6 is 22.7 Å².